The van der Waals surface area contributed by atoms with Gasteiger partial charge in [-0.25, -0.2) is 22.9 Å². The van der Waals surface area contributed by atoms with Gasteiger partial charge in [0.25, 0.3) is 10.0 Å². The fraction of sp³-hybridized carbons (Fsp3) is 0.143. The van der Waals surface area contributed by atoms with Gasteiger partial charge in [-0.1, -0.05) is 30.0 Å². The molecule has 2 amide bonds. The predicted octanol–water partition coefficient (Wildman–Crippen LogP) is 2.24. The van der Waals surface area contributed by atoms with Crippen molar-refractivity contribution in [2.75, 3.05) is 6.54 Å². The number of hydrogen-bond acceptors (Lipinski definition) is 5. The first-order chi connectivity index (χ1) is 10.5. The predicted molar refractivity (Wildman–Crippen MR) is 84.2 cm³/mol. The normalized spacial score (nSPS) is 11.0. The first-order valence-electron chi connectivity index (χ1n) is 6.51. The molecule has 0 radical (unpaired) electrons. The summed E-state index contributed by atoms with van der Waals surface area (Å²) in [5, 5.41) is 3.03. The van der Waals surface area contributed by atoms with E-state index in [1.54, 1.807) is 13.0 Å². The summed E-state index contributed by atoms with van der Waals surface area (Å²) in [6.45, 7) is 2.04. The van der Waals surface area contributed by atoms with Crippen LogP contribution in [0, 0.1) is 0 Å². The van der Waals surface area contributed by atoms with Crippen molar-refractivity contribution >= 4 is 27.8 Å². The van der Waals surface area contributed by atoms with E-state index in [9.17, 15) is 13.2 Å². The van der Waals surface area contributed by atoms with Gasteiger partial charge in [-0.05, 0) is 31.2 Å². The number of hydrogen-bond donors (Lipinski definition) is 2. The minimum atomic E-state index is -3.91. The maximum Gasteiger partial charge on any atom is 0.328 e. The Morgan fingerprint density at radius 2 is 1.91 bits per heavy atom. The van der Waals surface area contributed by atoms with Crippen molar-refractivity contribution in [1.29, 1.82) is 0 Å². The smallest absolute Gasteiger partial charge is 0.328 e. The maximum absolute atomic E-state index is 12.0. The molecule has 116 valence electrons. The molecular formula is C14H15N3O3S2. The van der Waals surface area contributed by atoms with Crippen LogP contribution in [0.15, 0.2) is 63.5 Å². The molecule has 2 N–H and O–H groups in total. The van der Waals surface area contributed by atoms with Crippen molar-refractivity contribution in [1.82, 2.24) is 15.0 Å². The number of carbonyl (C=O) groups excluding carboxylic acids is 1. The lowest BCUT2D eigenvalue weighted by Crippen LogP contribution is -2.39. The van der Waals surface area contributed by atoms with Gasteiger partial charge < -0.3 is 5.32 Å². The third kappa shape index (κ3) is 4.47. The van der Waals surface area contributed by atoms with Crippen molar-refractivity contribution in [2.24, 2.45) is 0 Å². The van der Waals surface area contributed by atoms with Crippen LogP contribution in [0.2, 0.25) is 0 Å². The second-order valence-corrected chi connectivity index (χ2v) is 6.99. The van der Waals surface area contributed by atoms with Crippen LogP contribution < -0.4 is 10.0 Å². The highest BCUT2D eigenvalue weighted by atomic mass is 32.2. The highest BCUT2D eigenvalue weighted by Gasteiger charge is 2.17. The lowest BCUT2D eigenvalue weighted by molar-refractivity contribution is 0.246. The lowest BCUT2D eigenvalue weighted by atomic mass is 10.4. The van der Waals surface area contributed by atoms with E-state index < -0.39 is 16.1 Å². The quantitative estimate of drug-likeness (QED) is 0.873. The summed E-state index contributed by atoms with van der Waals surface area (Å²) < 4.78 is 25.9. The number of sulfonamides is 1. The van der Waals surface area contributed by atoms with E-state index in [0.717, 1.165) is 4.90 Å². The molecule has 22 heavy (non-hydrogen) atoms. The van der Waals surface area contributed by atoms with Crippen LogP contribution in [0.3, 0.4) is 0 Å². The zero-order chi connectivity index (χ0) is 16.0. The average molecular weight is 337 g/mol. The molecule has 1 aromatic carbocycles. The van der Waals surface area contributed by atoms with Gasteiger partial charge >= 0.3 is 6.03 Å². The molecule has 0 spiro atoms. The molecule has 1 heterocycles. The Morgan fingerprint density at radius 1 is 1.18 bits per heavy atom. The minimum Gasteiger partial charge on any atom is -0.338 e. The molecule has 0 atom stereocenters. The minimum absolute atomic E-state index is 0.0591. The van der Waals surface area contributed by atoms with Gasteiger partial charge in [-0.15, -0.1) is 0 Å². The first-order valence-corrected chi connectivity index (χ1v) is 8.81. The zero-order valence-electron chi connectivity index (χ0n) is 11.8. The van der Waals surface area contributed by atoms with Crippen molar-refractivity contribution < 1.29 is 13.2 Å². The second-order valence-electron chi connectivity index (χ2n) is 4.21. The van der Waals surface area contributed by atoms with E-state index in [1.165, 1.54) is 24.0 Å². The molecule has 0 unspecified atom stereocenters. The van der Waals surface area contributed by atoms with E-state index in [2.05, 4.69) is 10.3 Å². The van der Waals surface area contributed by atoms with E-state index in [0.29, 0.717) is 11.6 Å². The molecule has 2 aromatic rings. The third-order valence-corrected chi connectivity index (χ3v) is 4.82. The Morgan fingerprint density at radius 3 is 2.50 bits per heavy atom. The Balaban J connectivity index is 2.09. The molecule has 0 aliphatic heterocycles. The van der Waals surface area contributed by atoms with Crippen molar-refractivity contribution in [2.45, 2.75) is 21.7 Å². The van der Waals surface area contributed by atoms with Crippen molar-refractivity contribution in [3.05, 3.63) is 48.7 Å². The number of carbonyl (C=O) groups is 1. The summed E-state index contributed by atoms with van der Waals surface area (Å²) in [5.74, 6) is 0. The van der Waals surface area contributed by atoms with Crippen LogP contribution in [0.25, 0.3) is 0 Å². The summed E-state index contributed by atoms with van der Waals surface area (Å²) in [7, 11) is -3.91. The average Bonchev–Trinajstić information content (AvgIpc) is 2.48. The number of pyridine rings is 1. The Hall–Kier alpha value is -2.06. The topological polar surface area (TPSA) is 88.2 Å². The summed E-state index contributed by atoms with van der Waals surface area (Å²) >= 11 is 1.42. The van der Waals surface area contributed by atoms with E-state index >= 15 is 0 Å². The fourth-order valence-corrected chi connectivity index (χ4v) is 3.22. The van der Waals surface area contributed by atoms with Crippen LogP contribution in [0.1, 0.15) is 6.92 Å². The van der Waals surface area contributed by atoms with Gasteiger partial charge in [0.15, 0.2) is 0 Å². The van der Waals surface area contributed by atoms with Crippen LogP contribution in [0.5, 0.6) is 0 Å². The Bertz CT molecular complexity index is 732. The number of rotatable bonds is 5. The van der Waals surface area contributed by atoms with E-state index in [1.807, 2.05) is 35.1 Å². The molecule has 8 heteroatoms. The number of urea groups is 1. The highest BCUT2D eigenvalue weighted by molar-refractivity contribution is 7.99. The highest BCUT2D eigenvalue weighted by Crippen LogP contribution is 2.25. The van der Waals surface area contributed by atoms with Crippen molar-refractivity contribution in [3.63, 3.8) is 0 Å². The number of amides is 2. The Kier molecular flexibility index (Phi) is 5.40. The van der Waals surface area contributed by atoms with Crippen LogP contribution in [-0.4, -0.2) is 26.0 Å². The van der Waals surface area contributed by atoms with Crippen molar-refractivity contribution in [3.8, 4) is 0 Å². The maximum atomic E-state index is 12.0. The molecule has 6 nitrogen and oxygen atoms in total. The molecular weight excluding hydrogens is 322 g/mol. The lowest BCUT2D eigenvalue weighted by Gasteiger charge is -2.07. The first kappa shape index (κ1) is 16.3. The fourth-order valence-electron chi connectivity index (χ4n) is 1.57. The van der Waals surface area contributed by atoms with Gasteiger partial charge in [-0.3, -0.25) is 0 Å². The van der Waals surface area contributed by atoms with Gasteiger partial charge in [0.05, 0.1) is 0 Å². The molecule has 0 saturated heterocycles. The number of benzene rings is 1. The number of aromatic nitrogens is 1. The van der Waals surface area contributed by atoms with Gasteiger partial charge in [0.1, 0.15) is 9.92 Å². The largest absolute Gasteiger partial charge is 0.338 e. The number of nitrogens with one attached hydrogen (secondary N) is 2. The molecule has 0 fully saturated rings. The number of nitrogens with zero attached hydrogens (tertiary/aromatic N) is 1. The van der Waals surface area contributed by atoms with Crippen LogP contribution >= 0.6 is 11.8 Å². The van der Waals surface area contributed by atoms with E-state index in [-0.39, 0.29) is 4.90 Å². The third-order valence-electron chi connectivity index (χ3n) is 2.55. The second kappa shape index (κ2) is 7.28. The monoisotopic (exact) mass is 337 g/mol. The SMILES string of the molecule is CCNC(=O)NS(=O)(=O)c1ccc(Sc2ccccc2)nc1. The molecule has 0 aliphatic rings. The summed E-state index contributed by atoms with van der Waals surface area (Å²) in [6, 6.07) is 11.9. The molecule has 0 saturated carbocycles. The van der Waals surface area contributed by atoms with Gasteiger partial charge in [0, 0.05) is 17.6 Å². The summed E-state index contributed by atoms with van der Waals surface area (Å²) in [5.41, 5.74) is 0. The standard InChI is InChI=1S/C14H15N3O3S2/c1-2-15-14(18)17-22(19,20)12-8-9-13(16-10-12)21-11-6-4-3-5-7-11/h3-10H,2H2,1H3,(H2,15,17,18). The molecule has 0 aliphatic carbocycles. The molecule has 2 rings (SSSR count). The zero-order valence-corrected chi connectivity index (χ0v) is 13.4. The van der Waals surface area contributed by atoms with E-state index in [4.69, 9.17) is 0 Å². The summed E-state index contributed by atoms with van der Waals surface area (Å²) in [4.78, 5) is 16.4. The van der Waals surface area contributed by atoms with Crippen LogP contribution in [0.4, 0.5) is 4.79 Å². The van der Waals surface area contributed by atoms with Gasteiger partial charge in [0.2, 0.25) is 0 Å². The van der Waals surface area contributed by atoms with Gasteiger partial charge in [-0.2, -0.15) is 0 Å². The Labute approximate surface area is 133 Å². The molecule has 1 aromatic heterocycles. The van der Waals surface area contributed by atoms with Crippen LogP contribution in [-0.2, 0) is 10.0 Å². The summed E-state index contributed by atoms with van der Waals surface area (Å²) in [6.07, 6.45) is 1.23. The molecule has 0 bridgehead atoms.